The molecule has 0 aliphatic carbocycles. The van der Waals surface area contributed by atoms with Crippen molar-refractivity contribution < 1.29 is 0 Å². The zero-order chi connectivity index (χ0) is 15.1. The van der Waals surface area contributed by atoms with Crippen LogP contribution < -0.4 is 10.2 Å². The molecule has 0 radical (unpaired) electrons. The summed E-state index contributed by atoms with van der Waals surface area (Å²) in [6.07, 6.45) is 3.30. The topological polar surface area (TPSA) is 15.3 Å². The van der Waals surface area contributed by atoms with E-state index in [2.05, 4.69) is 56.4 Å². The molecular formula is C16H27ClN2S. The van der Waals surface area contributed by atoms with Crippen LogP contribution in [0.15, 0.2) is 18.2 Å². The van der Waals surface area contributed by atoms with E-state index in [1.807, 2.05) is 17.8 Å². The van der Waals surface area contributed by atoms with Crippen LogP contribution in [0.1, 0.15) is 32.8 Å². The lowest BCUT2D eigenvalue weighted by atomic mass is 10.1. The molecule has 20 heavy (non-hydrogen) atoms. The van der Waals surface area contributed by atoms with E-state index in [9.17, 15) is 0 Å². The molecule has 0 aromatic heterocycles. The van der Waals surface area contributed by atoms with E-state index in [1.54, 1.807) is 0 Å². The molecule has 1 N–H and O–H groups in total. The van der Waals surface area contributed by atoms with Gasteiger partial charge in [0.25, 0.3) is 0 Å². The van der Waals surface area contributed by atoms with Gasteiger partial charge < -0.3 is 10.2 Å². The Morgan fingerprint density at radius 1 is 1.35 bits per heavy atom. The fourth-order valence-corrected chi connectivity index (χ4v) is 3.23. The first-order valence-electron chi connectivity index (χ1n) is 7.23. The van der Waals surface area contributed by atoms with Gasteiger partial charge in [-0.25, -0.2) is 0 Å². The first-order valence-corrected chi connectivity index (χ1v) is 9.00. The minimum absolute atomic E-state index is 0.483. The average Bonchev–Trinajstić information content (AvgIpc) is 2.42. The molecule has 4 heteroatoms. The van der Waals surface area contributed by atoms with Crippen molar-refractivity contribution in [1.29, 1.82) is 0 Å². The van der Waals surface area contributed by atoms with Crippen LogP contribution in [0, 0.1) is 0 Å². The van der Waals surface area contributed by atoms with E-state index in [4.69, 9.17) is 11.6 Å². The third-order valence-electron chi connectivity index (χ3n) is 3.51. The number of benzene rings is 1. The molecular weight excluding hydrogens is 288 g/mol. The van der Waals surface area contributed by atoms with E-state index in [0.717, 1.165) is 23.7 Å². The van der Waals surface area contributed by atoms with Gasteiger partial charge in [0.05, 0.1) is 0 Å². The third kappa shape index (κ3) is 5.19. The van der Waals surface area contributed by atoms with Gasteiger partial charge in [0.2, 0.25) is 0 Å². The van der Waals surface area contributed by atoms with E-state index in [1.165, 1.54) is 11.3 Å². The molecule has 1 aromatic rings. The molecule has 0 fully saturated rings. The summed E-state index contributed by atoms with van der Waals surface area (Å²) in [6.45, 7) is 7.46. The zero-order valence-electron chi connectivity index (χ0n) is 13.2. The Hall–Kier alpha value is -0.380. The van der Waals surface area contributed by atoms with Crippen LogP contribution >= 0.6 is 23.4 Å². The maximum Gasteiger partial charge on any atom is 0.0426 e. The van der Waals surface area contributed by atoms with E-state index < -0.39 is 0 Å². The largest absolute Gasteiger partial charge is 0.370 e. The third-order valence-corrected chi connectivity index (χ3v) is 4.46. The van der Waals surface area contributed by atoms with Crippen LogP contribution in [0.2, 0.25) is 5.02 Å². The van der Waals surface area contributed by atoms with Crippen LogP contribution in [0.5, 0.6) is 0 Å². The molecule has 0 saturated carbocycles. The number of hydrogen-bond donors (Lipinski definition) is 1. The van der Waals surface area contributed by atoms with Gasteiger partial charge in [0, 0.05) is 42.1 Å². The van der Waals surface area contributed by atoms with Crippen molar-refractivity contribution in [2.24, 2.45) is 0 Å². The average molecular weight is 315 g/mol. The van der Waals surface area contributed by atoms with Gasteiger partial charge >= 0.3 is 0 Å². The zero-order valence-corrected chi connectivity index (χ0v) is 14.8. The molecule has 2 nitrogen and oxygen atoms in total. The SMILES string of the molecule is CCC(CSC)N(C)c1cc(Cl)ccc1CNC(C)C. The van der Waals surface area contributed by atoms with Crippen LogP contribution in [0.3, 0.4) is 0 Å². The number of anilines is 1. The highest BCUT2D eigenvalue weighted by Crippen LogP contribution is 2.27. The highest BCUT2D eigenvalue weighted by molar-refractivity contribution is 7.98. The molecule has 0 heterocycles. The van der Waals surface area contributed by atoms with Gasteiger partial charge in [-0.3, -0.25) is 0 Å². The standard InChI is InChI=1S/C16H27ClN2S/c1-6-15(11-20-5)19(4)16-9-14(17)8-7-13(16)10-18-12(2)3/h7-9,12,15,18H,6,10-11H2,1-5H3. The summed E-state index contributed by atoms with van der Waals surface area (Å²) in [6, 6.07) is 7.22. The maximum absolute atomic E-state index is 6.20. The van der Waals surface area contributed by atoms with E-state index >= 15 is 0 Å². The molecule has 1 aromatic carbocycles. The predicted molar refractivity (Wildman–Crippen MR) is 94.3 cm³/mol. The Kier molecular flexibility index (Phi) is 7.78. The molecule has 114 valence electrons. The van der Waals surface area contributed by atoms with Crippen molar-refractivity contribution in [2.75, 3.05) is 24.0 Å². The second kappa shape index (κ2) is 8.81. The number of nitrogens with one attached hydrogen (secondary N) is 1. The van der Waals surface area contributed by atoms with Gasteiger partial charge in [-0.2, -0.15) is 11.8 Å². The molecule has 1 rings (SSSR count). The first kappa shape index (κ1) is 17.7. The fourth-order valence-electron chi connectivity index (χ4n) is 2.22. The molecule has 0 bridgehead atoms. The molecule has 1 atom stereocenters. The lowest BCUT2D eigenvalue weighted by molar-refractivity contribution is 0.586. The number of halogens is 1. The molecule has 1 unspecified atom stereocenters. The van der Waals surface area contributed by atoms with Crippen LogP contribution in [-0.4, -0.2) is 31.1 Å². The normalized spacial score (nSPS) is 12.8. The monoisotopic (exact) mass is 314 g/mol. The summed E-state index contributed by atoms with van der Waals surface area (Å²) in [5.41, 5.74) is 2.55. The summed E-state index contributed by atoms with van der Waals surface area (Å²) < 4.78 is 0. The van der Waals surface area contributed by atoms with E-state index in [-0.39, 0.29) is 0 Å². The van der Waals surface area contributed by atoms with Crippen molar-refractivity contribution in [3.63, 3.8) is 0 Å². The van der Waals surface area contributed by atoms with Crippen molar-refractivity contribution in [1.82, 2.24) is 5.32 Å². The van der Waals surface area contributed by atoms with Gasteiger partial charge in [0.1, 0.15) is 0 Å². The number of rotatable bonds is 8. The maximum atomic E-state index is 6.20. The second-order valence-corrected chi connectivity index (χ2v) is 6.78. The second-order valence-electron chi connectivity index (χ2n) is 5.44. The van der Waals surface area contributed by atoms with Crippen molar-refractivity contribution in [2.45, 2.75) is 45.8 Å². The summed E-state index contributed by atoms with van der Waals surface area (Å²) in [7, 11) is 2.18. The van der Waals surface area contributed by atoms with Crippen LogP contribution in [-0.2, 0) is 6.54 Å². The van der Waals surface area contributed by atoms with Gasteiger partial charge in [-0.05, 0) is 30.4 Å². The minimum atomic E-state index is 0.483. The molecule has 0 spiro atoms. The smallest absolute Gasteiger partial charge is 0.0426 e. The van der Waals surface area contributed by atoms with Crippen molar-refractivity contribution in [3.05, 3.63) is 28.8 Å². The fraction of sp³-hybridized carbons (Fsp3) is 0.625. The number of hydrogen-bond acceptors (Lipinski definition) is 3. The summed E-state index contributed by atoms with van der Waals surface area (Å²) in [5.74, 6) is 1.14. The summed E-state index contributed by atoms with van der Waals surface area (Å²) in [4.78, 5) is 2.37. The van der Waals surface area contributed by atoms with Gasteiger partial charge in [-0.15, -0.1) is 0 Å². The molecule has 0 saturated heterocycles. The van der Waals surface area contributed by atoms with Gasteiger partial charge in [0.15, 0.2) is 0 Å². The first-order chi connectivity index (χ1) is 9.49. The molecule has 0 amide bonds. The highest BCUT2D eigenvalue weighted by atomic mass is 35.5. The Morgan fingerprint density at radius 3 is 2.60 bits per heavy atom. The van der Waals surface area contributed by atoms with Crippen LogP contribution in [0.25, 0.3) is 0 Å². The lowest BCUT2D eigenvalue weighted by Gasteiger charge is -2.31. The van der Waals surface area contributed by atoms with Crippen LogP contribution in [0.4, 0.5) is 5.69 Å². The predicted octanol–water partition coefficient (Wildman–Crippen LogP) is 4.42. The highest BCUT2D eigenvalue weighted by Gasteiger charge is 2.16. The number of thioether (sulfide) groups is 1. The lowest BCUT2D eigenvalue weighted by Crippen LogP contribution is -2.34. The molecule has 0 aliphatic rings. The Bertz CT molecular complexity index is 409. The van der Waals surface area contributed by atoms with Gasteiger partial charge in [-0.1, -0.05) is 38.4 Å². The Labute approximate surface area is 133 Å². The summed E-state index contributed by atoms with van der Waals surface area (Å²) >= 11 is 8.09. The summed E-state index contributed by atoms with van der Waals surface area (Å²) in [5, 5.41) is 4.30. The number of nitrogens with zero attached hydrogens (tertiary/aromatic N) is 1. The Morgan fingerprint density at radius 2 is 2.05 bits per heavy atom. The van der Waals surface area contributed by atoms with E-state index in [0.29, 0.717) is 12.1 Å². The molecule has 0 aliphatic heterocycles. The quantitative estimate of drug-likeness (QED) is 0.765. The van der Waals surface area contributed by atoms with Crippen molar-refractivity contribution in [3.8, 4) is 0 Å². The Balaban J connectivity index is 2.97. The minimum Gasteiger partial charge on any atom is -0.370 e. The van der Waals surface area contributed by atoms with Crippen molar-refractivity contribution >= 4 is 29.1 Å².